The highest BCUT2D eigenvalue weighted by Gasteiger charge is 2.20. The number of Topliss-reactive ketones (excluding diaryl/α,β-unsaturated/α-hetero) is 1. The van der Waals surface area contributed by atoms with E-state index in [0.717, 1.165) is 0 Å². The molecule has 0 unspecified atom stereocenters. The number of non-ortho nitro benzene ring substituents is 1. The molecule has 2 rings (SSSR count). The highest BCUT2D eigenvalue weighted by Crippen LogP contribution is 2.27. The van der Waals surface area contributed by atoms with Gasteiger partial charge in [0.15, 0.2) is 6.61 Å². The van der Waals surface area contributed by atoms with Gasteiger partial charge in [0.05, 0.1) is 24.7 Å². The van der Waals surface area contributed by atoms with Crippen molar-refractivity contribution in [1.29, 1.82) is 0 Å². The van der Waals surface area contributed by atoms with E-state index in [0.29, 0.717) is 16.4 Å². The molecule has 1 atom stereocenters. The fourth-order valence-corrected chi connectivity index (χ4v) is 3.13. The summed E-state index contributed by atoms with van der Waals surface area (Å²) < 4.78 is 15.4. The summed E-state index contributed by atoms with van der Waals surface area (Å²) in [5.41, 5.74) is 0.255. The van der Waals surface area contributed by atoms with E-state index in [1.165, 1.54) is 38.1 Å². The third kappa shape index (κ3) is 5.46. The summed E-state index contributed by atoms with van der Waals surface area (Å²) in [6.45, 7) is 1.21. The zero-order valence-corrected chi connectivity index (χ0v) is 16.4. The number of carbonyl (C=O) groups excluding carboxylic acids is 2. The van der Waals surface area contributed by atoms with Crippen LogP contribution in [0.15, 0.2) is 47.4 Å². The van der Waals surface area contributed by atoms with Gasteiger partial charge in [-0.15, -0.1) is 11.8 Å². The molecule has 0 aliphatic heterocycles. The number of benzene rings is 2. The van der Waals surface area contributed by atoms with Gasteiger partial charge >= 0.3 is 5.97 Å². The van der Waals surface area contributed by atoms with Gasteiger partial charge < -0.3 is 14.2 Å². The molecule has 28 heavy (non-hydrogen) atoms. The Morgan fingerprint density at radius 1 is 1.11 bits per heavy atom. The van der Waals surface area contributed by atoms with Crippen LogP contribution >= 0.6 is 11.8 Å². The summed E-state index contributed by atoms with van der Waals surface area (Å²) in [5.74, 6) is -0.100. The van der Waals surface area contributed by atoms with Crippen LogP contribution in [0, 0.1) is 10.1 Å². The van der Waals surface area contributed by atoms with Crippen molar-refractivity contribution in [2.75, 3.05) is 20.8 Å². The molecule has 0 aliphatic carbocycles. The molecule has 0 fully saturated rings. The number of methoxy groups -OCH3 is 2. The van der Waals surface area contributed by atoms with Crippen molar-refractivity contribution in [3.63, 3.8) is 0 Å². The van der Waals surface area contributed by atoms with Crippen molar-refractivity contribution >= 4 is 29.2 Å². The molecule has 0 aliphatic rings. The summed E-state index contributed by atoms with van der Waals surface area (Å²) >= 11 is 1.18. The largest absolute Gasteiger partial charge is 0.497 e. The molecule has 0 spiro atoms. The number of hydrogen-bond donors (Lipinski definition) is 0. The second-order valence-electron chi connectivity index (χ2n) is 5.61. The van der Waals surface area contributed by atoms with Crippen LogP contribution in [0.2, 0.25) is 0 Å². The van der Waals surface area contributed by atoms with Crippen LogP contribution in [0.4, 0.5) is 5.69 Å². The van der Waals surface area contributed by atoms with Crippen LogP contribution < -0.4 is 9.47 Å². The molecule has 2 aromatic rings. The zero-order chi connectivity index (χ0) is 20.7. The summed E-state index contributed by atoms with van der Waals surface area (Å²) in [6.07, 6.45) is 0. The standard InChI is InChI=1S/C19H19NO7S/c1-12(28-15-7-4-13(5-8-15)20(23)24)19(22)27-11-17(21)16-9-6-14(25-2)10-18(16)26-3/h4-10,12H,11H2,1-3H3/t12-/m0/s1. The van der Waals surface area contributed by atoms with Crippen molar-refractivity contribution in [1.82, 2.24) is 0 Å². The Kier molecular flexibility index (Phi) is 7.39. The maximum atomic E-state index is 12.3. The quantitative estimate of drug-likeness (QED) is 0.205. The number of hydrogen-bond acceptors (Lipinski definition) is 8. The minimum absolute atomic E-state index is 0.0291. The van der Waals surface area contributed by atoms with Gasteiger partial charge in [-0.2, -0.15) is 0 Å². The minimum atomic E-state index is -0.591. The molecule has 8 nitrogen and oxygen atoms in total. The number of ketones is 1. The average Bonchev–Trinajstić information content (AvgIpc) is 2.71. The average molecular weight is 405 g/mol. The van der Waals surface area contributed by atoms with Crippen molar-refractivity contribution in [2.24, 2.45) is 0 Å². The van der Waals surface area contributed by atoms with E-state index in [-0.39, 0.29) is 11.3 Å². The van der Waals surface area contributed by atoms with Gasteiger partial charge in [-0.25, -0.2) is 0 Å². The molecule has 0 saturated carbocycles. The molecular weight excluding hydrogens is 386 g/mol. The summed E-state index contributed by atoms with van der Waals surface area (Å²) in [4.78, 5) is 35.4. The summed E-state index contributed by atoms with van der Waals surface area (Å²) in [6, 6.07) is 10.6. The first-order valence-electron chi connectivity index (χ1n) is 8.18. The third-order valence-corrected chi connectivity index (χ3v) is 4.84. The monoisotopic (exact) mass is 405 g/mol. The molecule has 9 heteroatoms. The number of nitrogens with zero attached hydrogens (tertiary/aromatic N) is 1. The molecule has 0 heterocycles. The van der Waals surface area contributed by atoms with Gasteiger partial charge in [0.2, 0.25) is 5.78 Å². The fraction of sp³-hybridized carbons (Fsp3) is 0.263. The Morgan fingerprint density at radius 2 is 1.79 bits per heavy atom. The number of carbonyl (C=O) groups is 2. The van der Waals surface area contributed by atoms with Crippen LogP contribution in [-0.2, 0) is 9.53 Å². The van der Waals surface area contributed by atoms with Crippen LogP contribution in [0.25, 0.3) is 0 Å². The first-order valence-corrected chi connectivity index (χ1v) is 9.06. The van der Waals surface area contributed by atoms with Crippen molar-refractivity contribution in [2.45, 2.75) is 17.1 Å². The van der Waals surface area contributed by atoms with E-state index in [2.05, 4.69) is 0 Å². The van der Waals surface area contributed by atoms with Gasteiger partial charge in [-0.3, -0.25) is 19.7 Å². The molecule has 0 saturated heterocycles. The van der Waals surface area contributed by atoms with Gasteiger partial charge in [0.25, 0.3) is 5.69 Å². The molecule has 0 bridgehead atoms. The normalized spacial score (nSPS) is 11.4. The van der Waals surface area contributed by atoms with Crippen molar-refractivity contribution in [3.8, 4) is 11.5 Å². The number of rotatable bonds is 9. The number of thioether (sulfide) groups is 1. The summed E-state index contributed by atoms with van der Waals surface area (Å²) in [7, 11) is 2.93. The van der Waals surface area contributed by atoms with Crippen LogP contribution in [0.1, 0.15) is 17.3 Å². The molecule has 0 N–H and O–H groups in total. The second kappa shape index (κ2) is 9.75. The lowest BCUT2D eigenvalue weighted by molar-refractivity contribution is -0.384. The Labute approximate surface area is 165 Å². The van der Waals surface area contributed by atoms with Gasteiger partial charge in [-0.1, -0.05) is 0 Å². The van der Waals surface area contributed by atoms with Crippen molar-refractivity contribution in [3.05, 3.63) is 58.1 Å². The molecule has 0 aromatic heterocycles. The van der Waals surface area contributed by atoms with Crippen LogP contribution in [0.3, 0.4) is 0 Å². The van der Waals surface area contributed by atoms with E-state index in [1.54, 1.807) is 37.3 Å². The molecule has 2 aromatic carbocycles. The maximum Gasteiger partial charge on any atom is 0.319 e. The highest BCUT2D eigenvalue weighted by molar-refractivity contribution is 8.00. The van der Waals surface area contributed by atoms with Crippen molar-refractivity contribution < 1.29 is 28.7 Å². The number of esters is 1. The van der Waals surface area contributed by atoms with E-state index in [9.17, 15) is 19.7 Å². The van der Waals surface area contributed by atoms with E-state index in [4.69, 9.17) is 14.2 Å². The first kappa shape index (κ1) is 21.2. The van der Waals surface area contributed by atoms with Crippen LogP contribution in [-0.4, -0.2) is 42.8 Å². The van der Waals surface area contributed by atoms with E-state index in [1.807, 2.05) is 0 Å². The first-order chi connectivity index (χ1) is 13.3. The minimum Gasteiger partial charge on any atom is -0.497 e. The van der Waals surface area contributed by atoms with Crippen LogP contribution in [0.5, 0.6) is 11.5 Å². The van der Waals surface area contributed by atoms with E-state index < -0.39 is 28.5 Å². The Bertz CT molecular complexity index is 867. The molecule has 0 radical (unpaired) electrons. The maximum absolute atomic E-state index is 12.3. The Morgan fingerprint density at radius 3 is 2.36 bits per heavy atom. The molecular formula is C19H19NO7S. The number of nitro benzene ring substituents is 1. The SMILES string of the molecule is COc1ccc(C(=O)COC(=O)[C@H](C)Sc2ccc([N+](=O)[O-])cc2)c(OC)c1. The lowest BCUT2D eigenvalue weighted by atomic mass is 10.1. The lowest BCUT2D eigenvalue weighted by Crippen LogP contribution is -2.21. The lowest BCUT2D eigenvalue weighted by Gasteiger charge is -2.12. The Balaban J connectivity index is 1.93. The fourth-order valence-electron chi connectivity index (χ4n) is 2.26. The third-order valence-electron chi connectivity index (χ3n) is 3.75. The summed E-state index contributed by atoms with van der Waals surface area (Å²) in [5, 5.41) is 10.1. The molecule has 148 valence electrons. The zero-order valence-electron chi connectivity index (χ0n) is 15.5. The number of nitro groups is 1. The molecule has 0 amide bonds. The smallest absolute Gasteiger partial charge is 0.319 e. The van der Waals surface area contributed by atoms with Gasteiger partial charge in [0, 0.05) is 23.1 Å². The second-order valence-corrected chi connectivity index (χ2v) is 7.02. The van der Waals surface area contributed by atoms with E-state index >= 15 is 0 Å². The van der Waals surface area contributed by atoms with Gasteiger partial charge in [0.1, 0.15) is 16.7 Å². The number of ether oxygens (including phenoxy) is 3. The predicted octanol–water partition coefficient (Wildman–Crippen LogP) is 3.52. The Hall–Kier alpha value is -3.07. The van der Waals surface area contributed by atoms with Gasteiger partial charge in [-0.05, 0) is 31.2 Å². The topological polar surface area (TPSA) is 105 Å². The highest BCUT2D eigenvalue weighted by atomic mass is 32.2. The predicted molar refractivity (Wildman–Crippen MR) is 103 cm³/mol.